The van der Waals surface area contributed by atoms with E-state index in [-0.39, 0.29) is 0 Å². The second-order valence-corrected chi connectivity index (χ2v) is 2.53. The maximum absolute atomic E-state index is 10.9. The Balaban J connectivity index is 3.09. The molecule has 0 saturated heterocycles. The number of nitrogens with one attached hydrogen (secondary N) is 1. The van der Waals surface area contributed by atoms with Gasteiger partial charge in [-0.25, -0.2) is 5.48 Å². The van der Waals surface area contributed by atoms with Crippen molar-refractivity contribution in [3.63, 3.8) is 0 Å². The van der Waals surface area contributed by atoms with Gasteiger partial charge in [0.05, 0.1) is 11.3 Å². The number of pyridine rings is 1. The van der Waals surface area contributed by atoms with Crippen molar-refractivity contribution in [3.05, 3.63) is 29.1 Å². The Morgan fingerprint density at radius 2 is 2.17 bits per heavy atom. The quantitative estimate of drug-likeness (QED) is 0.479. The van der Waals surface area contributed by atoms with E-state index in [1.54, 1.807) is 24.5 Å². The smallest absolute Gasteiger partial charge is 0.276 e. The van der Waals surface area contributed by atoms with E-state index in [0.29, 0.717) is 11.3 Å². The average Bonchev–Trinajstić information content (AvgIpc) is 2.03. The zero-order chi connectivity index (χ0) is 9.14. The van der Waals surface area contributed by atoms with E-state index in [9.17, 15) is 4.79 Å². The number of carbonyl (C=O) groups excluding carboxylic acids is 1. The Hall–Kier alpha value is -1.42. The van der Waals surface area contributed by atoms with Crippen LogP contribution in [0.2, 0.25) is 0 Å². The van der Waals surface area contributed by atoms with Crippen molar-refractivity contribution in [1.82, 2.24) is 10.5 Å². The molecule has 0 atom stereocenters. The molecular weight excluding hydrogens is 156 g/mol. The number of nitrogens with zero attached hydrogens (tertiary/aromatic N) is 1. The van der Waals surface area contributed by atoms with Crippen molar-refractivity contribution >= 4 is 5.91 Å². The number of amides is 1. The molecule has 4 nitrogen and oxygen atoms in total. The number of hydrogen-bond acceptors (Lipinski definition) is 3. The molecule has 2 N–H and O–H groups in total. The molecule has 0 radical (unpaired) electrons. The van der Waals surface area contributed by atoms with Crippen LogP contribution in [-0.4, -0.2) is 16.1 Å². The van der Waals surface area contributed by atoms with Crippen LogP contribution in [0.3, 0.4) is 0 Å². The summed E-state index contributed by atoms with van der Waals surface area (Å²) in [6.07, 6.45) is 0. The fourth-order valence-corrected chi connectivity index (χ4v) is 0.987. The first-order valence-corrected chi connectivity index (χ1v) is 3.54. The molecule has 64 valence electrons. The van der Waals surface area contributed by atoms with E-state index in [2.05, 4.69) is 4.98 Å². The van der Waals surface area contributed by atoms with Crippen molar-refractivity contribution in [2.24, 2.45) is 0 Å². The highest BCUT2D eigenvalue weighted by atomic mass is 16.5. The lowest BCUT2D eigenvalue weighted by Crippen LogP contribution is -2.20. The largest absolute Gasteiger partial charge is 0.288 e. The number of hydrogen-bond donors (Lipinski definition) is 2. The molecule has 0 aliphatic rings. The molecule has 1 rings (SSSR count). The summed E-state index contributed by atoms with van der Waals surface area (Å²) >= 11 is 0. The van der Waals surface area contributed by atoms with Crippen molar-refractivity contribution in [2.75, 3.05) is 0 Å². The van der Waals surface area contributed by atoms with Gasteiger partial charge in [-0.15, -0.1) is 0 Å². The van der Waals surface area contributed by atoms with E-state index in [1.807, 2.05) is 6.92 Å². The van der Waals surface area contributed by atoms with E-state index in [4.69, 9.17) is 5.21 Å². The van der Waals surface area contributed by atoms with Crippen molar-refractivity contribution < 1.29 is 10.0 Å². The topological polar surface area (TPSA) is 62.2 Å². The number of hydroxylamine groups is 1. The summed E-state index contributed by atoms with van der Waals surface area (Å²) in [5.41, 5.74) is 3.42. The molecule has 0 spiro atoms. The second-order valence-electron chi connectivity index (χ2n) is 2.53. The average molecular weight is 166 g/mol. The summed E-state index contributed by atoms with van der Waals surface area (Å²) in [5.74, 6) is -0.528. The third kappa shape index (κ3) is 1.60. The van der Waals surface area contributed by atoms with Crippen LogP contribution in [0.1, 0.15) is 21.7 Å². The highest BCUT2D eigenvalue weighted by Crippen LogP contribution is 2.05. The summed E-state index contributed by atoms with van der Waals surface area (Å²) in [6, 6.07) is 3.35. The lowest BCUT2D eigenvalue weighted by molar-refractivity contribution is 0.0705. The molecule has 0 fully saturated rings. The molecule has 1 aromatic rings. The molecular formula is C8H10N2O2. The minimum atomic E-state index is -0.528. The van der Waals surface area contributed by atoms with Gasteiger partial charge in [0.15, 0.2) is 0 Å². The molecule has 0 saturated carbocycles. The summed E-state index contributed by atoms with van der Waals surface area (Å²) in [4.78, 5) is 15.0. The molecule has 0 unspecified atom stereocenters. The minimum absolute atomic E-state index is 0.392. The summed E-state index contributed by atoms with van der Waals surface area (Å²) in [5, 5.41) is 8.35. The van der Waals surface area contributed by atoms with E-state index in [1.165, 1.54) is 0 Å². The SMILES string of the molecule is Cc1ccc(C(=O)NO)c(C)n1. The molecule has 4 heteroatoms. The van der Waals surface area contributed by atoms with Gasteiger partial charge in [-0.1, -0.05) is 0 Å². The van der Waals surface area contributed by atoms with Crippen molar-refractivity contribution in [1.29, 1.82) is 0 Å². The van der Waals surface area contributed by atoms with E-state index in [0.717, 1.165) is 5.69 Å². The Morgan fingerprint density at radius 3 is 2.67 bits per heavy atom. The van der Waals surface area contributed by atoms with Gasteiger partial charge in [0, 0.05) is 5.69 Å². The monoisotopic (exact) mass is 166 g/mol. The first-order chi connectivity index (χ1) is 5.65. The van der Waals surface area contributed by atoms with Crippen LogP contribution < -0.4 is 5.48 Å². The maximum atomic E-state index is 10.9. The first-order valence-electron chi connectivity index (χ1n) is 3.54. The molecule has 0 aliphatic carbocycles. The molecule has 1 aromatic heterocycles. The van der Waals surface area contributed by atoms with E-state index >= 15 is 0 Å². The Kier molecular flexibility index (Phi) is 2.40. The van der Waals surface area contributed by atoms with Crippen LogP contribution in [-0.2, 0) is 0 Å². The molecule has 0 aliphatic heterocycles. The van der Waals surface area contributed by atoms with Crippen molar-refractivity contribution in [2.45, 2.75) is 13.8 Å². The molecule has 0 aromatic carbocycles. The minimum Gasteiger partial charge on any atom is -0.288 e. The molecule has 12 heavy (non-hydrogen) atoms. The van der Waals surface area contributed by atoms with Gasteiger partial charge in [0.25, 0.3) is 5.91 Å². The van der Waals surface area contributed by atoms with Gasteiger partial charge in [0.1, 0.15) is 0 Å². The van der Waals surface area contributed by atoms with Crippen LogP contribution in [0.4, 0.5) is 0 Å². The van der Waals surface area contributed by atoms with Crippen LogP contribution in [0.15, 0.2) is 12.1 Å². The fourth-order valence-electron chi connectivity index (χ4n) is 0.987. The Labute approximate surface area is 70.2 Å². The highest BCUT2D eigenvalue weighted by molar-refractivity contribution is 5.94. The molecule has 1 amide bonds. The summed E-state index contributed by atoms with van der Waals surface area (Å²) < 4.78 is 0. The Bertz CT molecular complexity index is 310. The lowest BCUT2D eigenvalue weighted by atomic mass is 10.2. The first kappa shape index (κ1) is 8.67. The molecule has 1 heterocycles. The standard InChI is InChI=1S/C8H10N2O2/c1-5-3-4-7(6(2)9-5)8(11)10-12/h3-4,12H,1-2H3,(H,10,11). The maximum Gasteiger partial charge on any atom is 0.276 e. The van der Waals surface area contributed by atoms with Crippen LogP contribution in [0, 0.1) is 13.8 Å². The third-order valence-corrected chi connectivity index (χ3v) is 1.57. The number of carbonyl (C=O) groups is 1. The van der Waals surface area contributed by atoms with E-state index < -0.39 is 5.91 Å². The molecule has 0 bridgehead atoms. The van der Waals surface area contributed by atoms with Crippen LogP contribution in [0.25, 0.3) is 0 Å². The normalized spacial score (nSPS) is 9.58. The third-order valence-electron chi connectivity index (χ3n) is 1.57. The summed E-state index contributed by atoms with van der Waals surface area (Å²) in [7, 11) is 0. The predicted molar refractivity (Wildman–Crippen MR) is 43.0 cm³/mol. The van der Waals surface area contributed by atoms with Crippen molar-refractivity contribution in [3.8, 4) is 0 Å². The van der Waals surface area contributed by atoms with Gasteiger partial charge in [0.2, 0.25) is 0 Å². The predicted octanol–water partition coefficient (Wildman–Crippen LogP) is 0.817. The number of rotatable bonds is 1. The van der Waals surface area contributed by atoms with Crippen LogP contribution >= 0.6 is 0 Å². The zero-order valence-electron chi connectivity index (χ0n) is 6.96. The Morgan fingerprint density at radius 1 is 1.50 bits per heavy atom. The van der Waals surface area contributed by atoms with Gasteiger partial charge >= 0.3 is 0 Å². The number of aryl methyl sites for hydroxylation is 2. The van der Waals surface area contributed by atoms with Gasteiger partial charge in [-0.3, -0.25) is 15.0 Å². The van der Waals surface area contributed by atoms with Gasteiger partial charge < -0.3 is 0 Å². The van der Waals surface area contributed by atoms with Crippen LogP contribution in [0.5, 0.6) is 0 Å². The highest BCUT2D eigenvalue weighted by Gasteiger charge is 2.07. The lowest BCUT2D eigenvalue weighted by Gasteiger charge is -2.02. The second kappa shape index (κ2) is 3.32. The van der Waals surface area contributed by atoms with Gasteiger partial charge in [-0.2, -0.15) is 0 Å². The van der Waals surface area contributed by atoms with Gasteiger partial charge in [-0.05, 0) is 26.0 Å². The zero-order valence-corrected chi connectivity index (χ0v) is 6.96. The fraction of sp³-hybridized carbons (Fsp3) is 0.250. The number of aromatic nitrogens is 1. The summed E-state index contributed by atoms with van der Waals surface area (Å²) in [6.45, 7) is 3.56.